The number of methoxy groups -OCH3 is 1. The lowest BCUT2D eigenvalue weighted by molar-refractivity contribution is 0.267. The molecule has 0 N–H and O–H groups in total. The number of halogens is 2. The maximum absolute atomic E-state index is 13.4. The Morgan fingerprint density at radius 2 is 2.06 bits per heavy atom. The van der Waals surface area contributed by atoms with Crippen LogP contribution in [-0.2, 0) is 6.61 Å². The van der Waals surface area contributed by atoms with Crippen molar-refractivity contribution in [3.8, 4) is 11.6 Å². The van der Waals surface area contributed by atoms with Crippen LogP contribution in [0.3, 0.4) is 0 Å². The number of hydrogen-bond acceptors (Lipinski definition) is 4. The van der Waals surface area contributed by atoms with E-state index in [1.165, 1.54) is 19.5 Å². The van der Waals surface area contributed by atoms with Gasteiger partial charge in [-0.3, -0.25) is 0 Å². The molecule has 0 aliphatic rings. The van der Waals surface area contributed by atoms with Crippen LogP contribution < -0.4 is 9.47 Å². The van der Waals surface area contributed by atoms with Crippen molar-refractivity contribution >= 4 is 11.6 Å². The number of rotatable bonds is 4. The lowest BCUT2D eigenvalue weighted by atomic mass is 10.2. The summed E-state index contributed by atoms with van der Waals surface area (Å²) in [7, 11) is 1.43. The fourth-order valence-electron chi connectivity index (χ4n) is 1.37. The summed E-state index contributed by atoms with van der Waals surface area (Å²) in [5, 5.41) is 0.149. The zero-order valence-corrected chi connectivity index (χ0v) is 10.3. The molecule has 1 heterocycles. The Morgan fingerprint density at radius 1 is 1.28 bits per heavy atom. The monoisotopic (exact) mass is 268 g/mol. The SMILES string of the molecule is COc1c(Cl)ncnc1OCc1ccccc1F. The Balaban J connectivity index is 2.16. The number of nitrogens with zero attached hydrogens (tertiary/aromatic N) is 2. The van der Waals surface area contributed by atoms with Gasteiger partial charge in [-0.25, -0.2) is 9.37 Å². The molecule has 0 aliphatic carbocycles. The molecular formula is C12H10ClFN2O2. The third kappa shape index (κ3) is 2.68. The topological polar surface area (TPSA) is 44.2 Å². The van der Waals surface area contributed by atoms with Crippen LogP contribution in [0.2, 0.25) is 5.15 Å². The molecule has 0 unspecified atom stereocenters. The van der Waals surface area contributed by atoms with Crippen molar-refractivity contribution in [1.29, 1.82) is 0 Å². The summed E-state index contributed by atoms with van der Waals surface area (Å²) in [6.45, 7) is 0.0381. The summed E-state index contributed by atoms with van der Waals surface area (Å²) in [6, 6.07) is 6.33. The van der Waals surface area contributed by atoms with Gasteiger partial charge in [0.1, 0.15) is 18.8 Å². The molecule has 0 amide bonds. The van der Waals surface area contributed by atoms with E-state index in [9.17, 15) is 4.39 Å². The van der Waals surface area contributed by atoms with Crippen LogP contribution in [0.1, 0.15) is 5.56 Å². The number of aromatic nitrogens is 2. The van der Waals surface area contributed by atoms with Gasteiger partial charge in [-0.15, -0.1) is 0 Å². The van der Waals surface area contributed by atoms with Crippen molar-refractivity contribution in [3.05, 3.63) is 47.1 Å². The summed E-state index contributed by atoms with van der Waals surface area (Å²) in [5.41, 5.74) is 0.425. The molecule has 4 nitrogen and oxygen atoms in total. The van der Waals surface area contributed by atoms with Crippen LogP contribution in [0, 0.1) is 5.82 Å². The molecule has 1 aromatic carbocycles. The van der Waals surface area contributed by atoms with Crippen molar-refractivity contribution < 1.29 is 13.9 Å². The van der Waals surface area contributed by atoms with Gasteiger partial charge in [0.25, 0.3) is 5.88 Å². The van der Waals surface area contributed by atoms with Crippen LogP contribution in [-0.4, -0.2) is 17.1 Å². The number of benzene rings is 1. The molecule has 0 radical (unpaired) electrons. The zero-order valence-electron chi connectivity index (χ0n) is 9.56. The second kappa shape index (κ2) is 5.64. The second-order valence-corrected chi connectivity index (χ2v) is 3.74. The number of ether oxygens (including phenoxy) is 2. The van der Waals surface area contributed by atoms with Gasteiger partial charge < -0.3 is 9.47 Å². The molecule has 0 saturated heterocycles. The van der Waals surface area contributed by atoms with E-state index in [1.807, 2.05) is 0 Å². The molecule has 0 fully saturated rings. The lowest BCUT2D eigenvalue weighted by Crippen LogP contribution is -2.02. The highest BCUT2D eigenvalue weighted by Gasteiger charge is 2.12. The van der Waals surface area contributed by atoms with E-state index < -0.39 is 0 Å². The Hall–Kier alpha value is -1.88. The van der Waals surface area contributed by atoms with Crippen LogP contribution in [0.5, 0.6) is 11.6 Å². The summed E-state index contributed by atoms with van der Waals surface area (Å²) in [5.74, 6) is 0.0767. The highest BCUT2D eigenvalue weighted by molar-refractivity contribution is 6.31. The van der Waals surface area contributed by atoms with Crippen LogP contribution in [0.15, 0.2) is 30.6 Å². The van der Waals surface area contributed by atoms with E-state index in [0.717, 1.165) is 0 Å². The van der Waals surface area contributed by atoms with Gasteiger partial charge in [-0.1, -0.05) is 29.8 Å². The van der Waals surface area contributed by atoms with Crippen molar-refractivity contribution in [1.82, 2.24) is 9.97 Å². The summed E-state index contributed by atoms with van der Waals surface area (Å²) in [6.07, 6.45) is 1.25. The maximum atomic E-state index is 13.4. The third-order valence-corrected chi connectivity index (χ3v) is 2.52. The van der Waals surface area contributed by atoms with Gasteiger partial charge in [-0.2, -0.15) is 4.98 Å². The van der Waals surface area contributed by atoms with Crippen molar-refractivity contribution in [2.45, 2.75) is 6.61 Å². The molecule has 94 valence electrons. The fraction of sp³-hybridized carbons (Fsp3) is 0.167. The average Bonchev–Trinajstić information content (AvgIpc) is 2.38. The van der Waals surface area contributed by atoms with E-state index in [2.05, 4.69) is 9.97 Å². The van der Waals surface area contributed by atoms with Gasteiger partial charge in [-0.05, 0) is 6.07 Å². The third-order valence-electron chi connectivity index (χ3n) is 2.25. The highest BCUT2D eigenvalue weighted by Crippen LogP contribution is 2.30. The molecular weight excluding hydrogens is 259 g/mol. The fourth-order valence-corrected chi connectivity index (χ4v) is 1.58. The molecule has 0 aliphatic heterocycles. The van der Waals surface area contributed by atoms with Crippen molar-refractivity contribution in [2.24, 2.45) is 0 Å². The minimum Gasteiger partial charge on any atom is -0.489 e. The molecule has 2 rings (SSSR count). The van der Waals surface area contributed by atoms with E-state index in [0.29, 0.717) is 5.56 Å². The molecule has 0 atom stereocenters. The predicted molar refractivity (Wildman–Crippen MR) is 64.3 cm³/mol. The van der Waals surface area contributed by atoms with E-state index in [1.54, 1.807) is 18.2 Å². The maximum Gasteiger partial charge on any atom is 0.262 e. The van der Waals surface area contributed by atoms with Gasteiger partial charge in [0, 0.05) is 5.56 Å². The first kappa shape index (κ1) is 12.6. The summed E-state index contributed by atoms with van der Waals surface area (Å²) < 4.78 is 23.8. The Morgan fingerprint density at radius 3 is 2.78 bits per heavy atom. The first-order valence-corrected chi connectivity index (χ1v) is 5.51. The smallest absolute Gasteiger partial charge is 0.262 e. The quantitative estimate of drug-likeness (QED) is 0.800. The zero-order chi connectivity index (χ0) is 13.0. The van der Waals surface area contributed by atoms with Crippen molar-refractivity contribution in [3.63, 3.8) is 0 Å². The van der Waals surface area contributed by atoms with Crippen LogP contribution in [0.4, 0.5) is 4.39 Å². The molecule has 2 aromatic rings. The summed E-state index contributed by atoms with van der Waals surface area (Å²) >= 11 is 5.81. The van der Waals surface area contributed by atoms with Crippen LogP contribution >= 0.6 is 11.6 Å². The van der Waals surface area contributed by atoms with E-state index in [4.69, 9.17) is 21.1 Å². The lowest BCUT2D eigenvalue weighted by Gasteiger charge is -2.10. The first-order valence-electron chi connectivity index (χ1n) is 5.13. The largest absolute Gasteiger partial charge is 0.489 e. The van der Waals surface area contributed by atoms with Gasteiger partial charge in [0.2, 0.25) is 5.75 Å². The molecule has 6 heteroatoms. The number of hydrogen-bond donors (Lipinski definition) is 0. The standard InChI is InChI=1S/C12H10ClFN2O2/c1-17-10-11(13)15-7-16-12(10)18-6-8-4-2-3-5-9(8)14/h2-5,7H,6H2,1H3. The average molecular weight is 269 g/mol. The van der Waals surface area contributed by atoms with Gasteiger partial charge in [0.15, 0.2) is 5.15 Å². The first-order chi connectivity index (χ1) is 8.72. The molecule has 0 bridgehead atoms. The van der Waals surface area contributed by atoms with Gasteiger partial charge in [0.05, 0.1) is 7.11 Å². The second-order valence-electron chi connectivity index (χ2n) is 3.38. The normalized spacial score (nSPS) is 10.2. The summed E-state index contributed by atoms with van der Waals surface area (Å²) in [4.78, 5) is 7.65. The Labute approximate surface area is 108 Å². The van der Waals surface area contributed by atoms with E-state index >= 15 is 0 Å². The predicted octanol–water partition coefficient (Wildman–Crippen LogP) is 2.86. The molecule has 0 saturated carbocycles. The van der Waals surface area contributed by atoms with Crippen molar-refractivity contribution in [2.75, 3.05) is 7.11 Å². The van der Waals surface area contributed by atoms with Gasteiger partial charge >= 0.3 is 0 Å². The van der Waals surface area contributed by atoms with Crippen LogP contribution in [0.25, 0.3) is 0 Å². The molecule has 0 spiro atoms. The molecule has 18 heavy (non-hydrogen) atoms. The minimum atomic E-state index is -0.336. The Kier molecular flexibility index (Phi) is 3.94. The minimum absolute atomic E-state index is 0.0381. The highest BCUT2D eigenvalue weighted by atomic mass is 35.5. The van der Waals surface area contributed by atoms with E-state index in [-0.39, 0.29) is 29.2 Å². The Bertz CT molecular complexity index is 551. The molecule has 1 aromatic heterocycles.